The maximum atomic E-state index is 12.1. The van der Waals surface area contributed by atoms with Crippen LogP contribution in [0.2, 0.25) is 0 Å². The Morgan fingerprint density at radius 2 is 1.75 bits per heavy atom. The van der Waals surface area contributed by atoms with E-state index in [1.807, 2.05) is 54.6 Å². The molecule has 1 amide bonds. The van der Waals surface area contributed by atoms with Gasteiger partial charge in [-0.15, -0.1) is 0 Å². The smallest absolute Gasteiger partial charge is 0.410 e. The zero-order valence-electron chi connectivity index (χ0n) is 13.7. The molecule has 0 saturated carbocycles. The molecule has 2 aromatic rings. The summed E-state index contributed by atoms with van der Waals surface area (Å²) in [4.78, 5) is 13.9. The number of nitrogen functional groups attached to an aromatic ring is 1. The molecule has 1 fully saturated rings. The first-order valence-electron chi connectivity index (χ1n) is 8.28. The third-order valence-corrected chi connectivity index (χ3v) is 4.24. The maximum absolute atomic E-state index is 12.1. The lowest BCUT2D eigenvalue weighted by molar-refractivity contribution is 0.0882. The summed E-state index contributed by atoms with van der Waals surface area (Å²) in [6.07, 6.45) is 1.58. The molecule has 0 aromatic heterocycles. The average molecular weight is 325 g/mol. The minimum absolute atomic E-state index is 0.232. The van der Waals surface area contributed by atoms with Crippen LogP contribution in [0.5, 0.6) is 0 Å². The number of ether oxygens (including phenoxy) is 1. The van der Waals surface area contributed by atoms with Gasteiger partial charge in [-0.1, -0.05) is 30.3 Å². The van der Waals surface area contributed by atoms with Gasteiger partial charge in [-0.25, -0.2) is 4.79 Å². The average Bonchev–Trinajstić information content (AvgIpc) is 2.63. The number of nitrogens with zero attached hydrogens (tertiary/aromatic N) is 1. The molecule has 5 heteroatoms. The molecular weight excluding hydrogens is 302 g/mol. The van der Waals surface area contributed by atoms with Crippen LogP contribution in [0.1, 0.15) is 18.4 Å². The van der Waals surface area contributed by atoms with Crippen LogP contribution in [0, 0.1) is 0 Å². The Balaban J connectivity index is 1.42. The molecule has 0 bridgehead atoms. The summed E-state index contributed by atoms with van der Waals surface area (Å²) in [7, 11) is 0. The number of carbonyl (C=O) groups is 1. The molecule has 0 unspecified atom stereocenters. The van der Waals surface area contributed by atoms with Gasteiger partial charge in [-0.05, 0) is 42.7 Å². The van der Waals surface area contributed by atoms with Gasteiger partial charge in [-0.3, -0.25) is 0 Å². The van der Waals surface area contributed by atoms with E-state index in [0.29, 0.717) is 25.7 Å². The number of rotatable bonds is 4. The van der Waals surface area contributed by atoms with Crippen LogP contribution in [0.4, 0.5) is 16.2 Å². The number of nitrogens with two attached hydrogens (primary N) is 1. The van der Waals surface area contributed by atoms with Gasteiger partial charge in [0, 0.05) is 30.5 Å². The third kappa shape index (κ3) is 4.41. The molecule has 126 valence electrons. The summed E-state index contributed by atoms with van der Waals surface area (Å²) in [5.41, 5.74) is 8.53. The van der Waals surface area contributed by atoms with E-state index in [-0.39, 0.29) is 6.09 Å². The number of hydrogen-bond donors (Lipinski definition) is 2. The number of carbonyl (C=O) groups excluding carboxylic acids is 1. The second-order valence-electron chi connectivity index (χ2n) is 6.07. The van der Waals surface area contributed by atoms with E-state index in [9.17, 15) is 4.79 Å². The Morgan fingerprint density at radius 1 is 1.08 bits per heavy atom. The van der Waals surface area contributed by atoms with Crippen LogP contribution in [0.15, 0.2) is 54.6 Å². The van der Waals surface area contributed by atoms with E-state index >= 15 is 0 Å². The predicted octanol–water partition coefficient (Wildman–Crippen LogP) is 3.48. The van der Waals surface area contributed by atoms with Crippen molar-refractivity contribution >= 4 is 17.5 Å². The molecule has 0 aliphatic carbocycles. The van der Waals surface area contributed by atoms with Crippen molar-refractivity contribution in [3.63, 3.8) is 0 Å². The topological polar surface area (TPSA) is 67.6 Å². The van der Waals surface area contributed by atoms with Crippen molar-refractivity contribution in [3.05, 3.63) is 60.2 Å². The molecular formula is C19H23N3O2. The number of piperidine rings is 1. The van der Waals surface area contributed by atoms with E-state index in [4.69, 9.17) is 10.5 Å². The number of likely N-dealkylation sites (tertiary alicyclic amines) is 1. The molecule has 1 aliphatic heterocycles. The Hall–Kier alpha value is -2.69. The summed E-state index contributed by atoms with van der Waals surface area (Å²) in [6, 6.07) is 17.8. The van der Waals surface area contributed by atoms with Crippen LogP contribution in [-0.4, -0.2) is 30.1 Å². The van der Waals surface area contributed by atoms with Crippen molar-refractivity contribution in [2.75, 3.05) is 24.1 Å². The van der Waals surface area contributed by atoms with Crippen molar-refractivity contribution in [1.29, 1.82) is 0 Å². The molecule has 5 nitrogen and oxygen atoms in total. The molecule has 3 rings (SSSR count). The molecule has 2 aromatic carbocycles. The summed E-state index contributed by atoms with van der Waals surface area (Å²) >= 11 is 0. The van der Waals surface area contributed by atoms with Crippen molar-refractivity contribution in [3.8, 4) is 0 Å². The van der Waals surface area contributed by atoms with Crippen LogP contribution in [-0.2, 0) is 11.3 Å². The first kappa shape index (κ1) is 16.2. The second kappa shape index (κ2) is 7.73. The van der Waals surface area contributed by atoms with Gasteiger partial charge >= 0.3 is 6.09 Å². The van der Waals surface area contributed by atoms with Gasteiger partial charge < -0.3 is 20.7 Å². The predicted molar refractivity (Wildman–Crippen MR) is 95.7 cm³/mol. The van der Waals surface area contributed by atoms with E-state index in [2.05, 4.69) is 5.32 Å². The molecule has 0 radical (unpaired) electrons. The number of hydrogen-bond acceptors (Lipinski definition) is 4. The number of benzene rings is 2. The number of amides is 1. The highest BCUT2D eigenvalue weighted by atomic mass is 16.6. The maximum Gasteiger partial charge on any atom is 0.410 e. The van der Waals surface area contributed by atoms with Crippen molar-refractivity contribution < 1.29 is 9.53 Å². The highest BCUT2D eigenvalue weighted by Gasteiger charge is 2.23. The van der Waals surface area contributed by atoms with E-state index in [1.54, 1.807) is 4.90 Å². The highest BCUT2D eigenvalue weighted by molar-refractivity contribution is 5.67. The molecule has 1 saturated heterocycles. The molecule has 1 heterocycles. The first-order valence-corrected chi connectivity index (χ1v) is 8.28. The number of nitrogens with one attached hydrogen (secondary N) is 1. The van der Waals surface area contributed by atoms with Gasteiger partial charge in [0.15, 0.2) is 0 Å². The van der Waals surface area contributed by atoms with Crippen LogP contribution >= 0.6 is 0 Å². The molecule has 0 spiro atoms. The Kier molecular flexibility index (Phi) is 5.21. The van der Waals surface area contributed by atoms with E-state index in [0.717, 1.165) is 29.8 Å². The quantitative estimate of drug-likeness (QED) is 0.845. The molecule has 0 atom stereocenters. The fourth-order valence-corrected chi connectivity index (χ4v) is 2.83. The van der Waals surface area contributed by atoms with Gasteiger partial charge in [0.1, 0.15) is 6.61 Å². The second-order valence-corrected chi connectivity index (χ2v) is 6.07. The lowest BCUT2D eigenvalue weighted by Crippen LogP contribution is -2.42. The van der Waals surface area contributed by atoms with Gasteiger partial charge in [0.2, 0.25) is 0 Å². The van der Waals surface area contributed by atoms with E-state index in [1.165, 1.54) is 0 Å². The Labute approximate surface area is 142 Å². The highest BCUT2D eigenvalue weighted by Crippen LogP contribution is 2.18. The standard InChI is InChI=1S/C19H23N3O2/c20-16-6-8-17(9-7-16)21-18-10-12-22(13-11-18)19(23)24-14-15-4-2-1-3-5-15/h1-9,18,21H,10-14,20H2. The minimum Gasteiger partial charge on any atom is -0.445 e. The third-order valence-electron chi connectivity index (χ3n) is 4.24. The Bertz CT molecular complexity index is 650. The molecule has 1 aliphatic rings. The lowest BCUT2D eigenvalue weighted by Gasteiger charge is -2.32. The summed E-state index contributed by atoms with van der Waals surface area (Å²) in [5, 5.41) is 3.49. The lowest BCUT2D eigenvalue weighted by atomic mass is 10.0. The zero-order valence-corrected chi connectivity index (χ0v) is 13.7. The SMILES string of the molecule is Nc1ccc(NC2CCN(C(=O)OCc3ccccc3)CC2)cc1. The summed E-state index contributed by atoms with van der Waals surface area (Å²) < 4.78 is 5.39. The molecule has 3 N–H and O–H groups in total. The minimum atomic E-state index is -0.232. The van der Waals surface area contributed by atoms with Gasteiger partial charge in [-0.2, -0.15) is 0 Å². The fourth-order valence-electron chi connectivity index (χ4n) is 2.83. The fraction of sp³-hybridized carbons (Fsp3) is 0.316. The number of anilines is 2. The van der Waals surface area contributed by atoms with E-state index < -0.39 is 0 Å². The van der Waals surface area contributed by atoms with Crippen molar-refractivity contribution in [2.45, 2.75) is 25.5 Å². The largest absolute Gasteiger partial charge is 0.445 e. The summed E-state index contributed by atoms with van der Waals surface area (Å²) in [5.74, 6) is 0. The summed E-state index contributed by atoms with van der Waals surface area (Å²) in [6.45, 7) is 1.74. The van der Waals surface area contributed by atoms with Crippen molar-refractivity contribution in [2.24, 2.45) is 0 Å². The molecule has 24 heavy (non-hydrogen) atoms. The first-order chi connectivity index (χ1) is 11.7. The van der Waals surface area contributed by atoms with Gasteiger partial charge in [0.25, 0.3) is 0 Å². The van der Waals surface area contributed by atoms with Crippen LogP contribution in [0.25, 0.3) is 0 Å². The van der Waals surface area contributed by atoms with Crippen molar-refractivity contribution in [1.82, 2.24) is 4.90 Å². The normalized spacial score (nSPS) is 15.1. The van der Waals surface area contributed by atoms with Crippen LogP contribution in [0.3, 0.4) is 0 Å². The zero-order chi connectivity index (χ0) is 16.8. The van der Waals surface area contributed by atoms with Gasteiger partial charge in [0.05, 0.1) is 0 Å². The van der Waals surface area contributed by atoms with Crippen LogP contribution < -0.4 is 11.1 Å². The Morgan fingerprint density at radius 3 is 2.42 bits per heavy atom. The monoisotopic (exact) mass is 325 g/mol.